The molecule has 0 fully saturated rings. The molecule has 0 amide bonds. The zero-order chi connectivity index (χ0) is 13.7. The number of nitrogens with zero attached hydrogens (tertiary/aromatic N) is 2. The summed E-state index contributed by atoms with van der Waals surface area (Å²) in [6.07, 6.45) is 2.43. The number of hydrogen-bond acceptors (Lipinski definition) is 4. The van der Waals surface area contributed by atoms with Gasteiger partial charge in [-0.25, -0.2) is 13.8 Å². The fraction of sp³-hybridized carbons (Fsp3) is 0.231. The molecule has 0 aliphatic heterocycles. The van der Waals surface area contributed by atoms with Crippen molar-refractivity contribution in [1.82, 2.24) is 9.97 Å². The van der Waals surface area contributed by atoms with Gasteiger partial charge in [-0.05, 0) is 18.6 Å². The van der Waals surface area contributed by atoms with E-state index in [4.69, 9.17) is 4.74 Å². The van der Waals surface area contributed by atoms with Crippen molar-refractivity contribution in [3.63, 3.8) is 0 Å². The number of ether oxygens (including phenoxy) is 1. The second-order valence-electron chi connectivity index (χ2n) is 3.82. The second kappa shape index (κ2) is 6.08. The molecule has 4 nitrogen and oxygen atoms in total. The average molecular weight is 265 g/mol. The normalized spacial score (nSPS) is 10.3. The topological polar surface area (TPSA) is 47.0 Å². The van der Waals surface area contributed by atoms with Crippen LogP contribution >= 0.6 is 0 Å². The van der Waals surface area contributed by atoms with Crippen molar-refractivity contribution < 1.29 is 13.5 Å². The minimum Gasteiger partial charge on any atom is -0.436 e. The fourth-order valence-electron chi connectivity index (χ4n) is 1.39. The highest BCUT2D eigenvalue weighted by molar-refractivity contribution is 5.32. The molecule has 0 radical (unpaired) electrons. The highest BCUT2D eigenvalue weighted by atomic mass is 19.1. The van der Waals surface area contributed by atoms with Crippen LogP contribution in [0.1, 0.15) is 13.3 Å². The van der Waals surface area contributed by atoms with Gasteiger partial charge in [-0.15, -0.1) is 0 Å². The largest absolute Gasteiger partial charge is 0.436 e. The Balaban J connectivity index is 2.14. The summed E-state index contributed by atoms with van der Waals surface area (Å²) < 4.78 is 31.4. The first-order valence-corrected chi connectivity index (χ1v) is 5.89. The van der Waals surface area contributed by atoms with Crippen LogP contribution in [0, 0.1) is 11.6 Å². The Hall–Kier alpha value is -2.24. The van der Waals surface area contributed by atoms with Gasteiger partial charge in [0.1, 0.15) is 5.82 Å². The molecule has 2 aromatic rings. The SMILES string of the molecule is CCCNc1nccc(Oc2ccc(F)cc2F)n1. The zero-order valence-electron chi connectivity index (χ0n) is 10.4. The fourth-order valence-corrected chi connectivity index (χ4v) is 1.39. The van der Waals surface area contributed by atoms with E-state index in [1.807, 2.05) is 6.92 Å². The smallest absolute Gasteiger partial charge is 0.225 e. The van der Waals surface area contributed by atoms with Gasteiger partial charge in [-0.2, -0.15) is 4.98 Å². The molecule has 0 atom stereocenters. The molecule has 0 spiro atoms. The minimum atomic E-state index is -0.776. The second-order valence-corrected chi connectivity index (χ2v) is 3.82. The zero-order valence-corrected chi connectivity index (χ0v) is 10.4. The van der Waals surface area contributed by atoms with Gasteiger partial charge in [-0.1, -0.05) is 6.92 Å². The van der Waals surface area contributed by atoms with Gasteiger partial charge >= 0.3 is 0 Å². The Kier molecular flexibility index (Phi) is 4.22. The van der Waals surface area contributed by atoms with Gasteiger partial charge in [0.05, 0.1) is 0 Å². The van der Waals surface area contributed by atoms with Crippen molar-refractivity contribution in [2.75, 3.05) is 11.9 Å². The maximum absolute atomic E-state index is 13.4. The van der Waals surface area contributed by atoms with Gasteiger partial charge in [-0.3, -0.25) is 0 Å². The number of halogens is 2. The lowest BCUT2D eigenvalue weighted by Crippen LogP contribution is -2.04. The number of hydrogen-bond donors (Lipinski definition) is 1. The molecule has 0 aliphatic carbocycles. The lowest BCUT2D eigenvalue weighted by molar-refractivity contribution is 0.423. The third-order valence-electron chi connectivity index (χ3n) is 2.27. The van der Waals surface area contributed by atoms with Crippen molar-refractivity contribution in [1.29, 1.82) is 0 Å². The first-order valence-electron chi connectivity index (χ1n) is 5.89. The van der Waals surface area contributed by atoms with Crippen LogP contribution in [0.3, 0.4) is 0 Å². The highest BCUT2D eigenvalue weighted by Gasteiger charge is 2.07. The van der Waals surface area contributed by atoms with Crippen LogP contribution in [0.2, 0.25) is 0 Å². The predicted molar refractivity (Wildman–Crippen MR) is 67.2 cm³/mol. The number of anilines is 1. The van der Waals surface area contributed by atoms with Gasteiger partial charge in [0, 0.05) is 24.9 Å². The molecule has 1 aromatic heterocycles. The Morgan fingerprint density at radius 1 is 1.26 bits per heavy atom. The summed E-state index contributed by atoms with van der Waals surface area (Å²) in [5, 5.41) is 2.99. The first kappa shape index (κ1) is 13.2. The van der Waals surface area contributed by atoms with Gasteiger partial charge in [0.25, 0.3) is 0 Å². The quantitative estimate of drug-likeness (QED) is 0.900. The monoisotopic (exact) mass is 265 g/mol. The number of nitrogens with one attached hydrogen (secondary N) is 1. The van der Waals surface area contributed by atoms with E-state index in [1.165, 1.54) is 18.3 Å². The van der Waals surface area contributed by atoms with E-state index in [9.17, 15) is 8.78 Å². The predicted octanol–water partition coefficient (Wildman–Crippen LogP) is 3.37. The summed E-state index contributed by atoms with van der Waals surface area (Å²) in [6, 6.07) is 4.59. The molecule has 0 saturated carbocycles. The van der Waals surface area contributed by atoms with Gasteiger partial charge in [0.2, 0.25) is 11.8 Å². The molecule has 6 heteroatoms. The number of rotatable bonds is 5. The molecule has 1 aromatic carbocycles. The lowest BCUT2D eigenvalue weighted by Gasteiger charge is -2.07. The summed E-state index contributed by atoms with van der Waals surface area (Å²) in [7, 11) is 0. The highest BCUT2D eigenvalue weighted by Crippen LogP contribution is 2.23. The van der Waals surface area contributed by atoms with Crippen molar-refractivity contribution in [2.45, 2.75) is 13.3 Å². The van der Waals surface area contributed by atoms with E-state index in [1.54, 1.807) is 0 Å². The van der Waals surface area contributed by atoms with Gasteiger partial charge in [0.15, 0.2) is 11.6 Å². The maximum atomic E-state index is 13.4. The van der Waals surface area contributed by atoms with Crippen LogP contribution in [-0.2, 0) is 0 Å². The van der Waals surface area contributed by atoms with Crippen LogP contribution in [0.4, 0.5) is 14.7 Å². The minimum absolute atomic E-state index is 0.0819. The Bertz CT molecular complexity index is 563. The van der Waals surface area contributed by atoms with E-state index >= 15 is 0 Å². The van der Waals surface area contributed by atoms with Crippen molar-refractivity contribution in [3.05, 3.63) is 42.1 Å². The summed E-state index contributed by atoms with van der Waals surface area (Å²) in [6.45, 7) is 2.75. The average Bonchev–Trinajstić information content (AvgIpc) is 2.40. The molecule has 1 heterocycles. The van der Waals surface area contributed by atoms with Gasteiger partial charge < -0.3 is 10.1 Å². The standard InChI is InChI=1S/C13H13F2N3O/c1-2-6-16-13-17-7-5-12(18-13)19-11-4-3-9(14)8-10(11)15/h3-5,7-8H,2,6H2,1H3,(H,16,17,18). The van der Waals surface area contributed by atoms with E-state index in [-0.39, 0.29) is 11.6 Å². The molecule has 0 unspecified atom stereocenters. The molecular formula is C13H13F2N3O. The summed E-state index contributed by atoms with van der Waals surface area (Å²) in [5.74, 6) is -0.915. The van der Waals surface area contributed by atoms with Crippen molar-refractivity contribution in [2.24, 2.45) is 0 Å². The van der Waals surface area contributed by atoms with Crippen LogP contribution in [-0.4, -0.2) is 16.5 Å². The van der Waals surface area contributed by atoms with Crippen molar-refractivity contribution in [3.8, 4) is 11.6 Å². The molecule has 2 rings (SSSR count). The van der Waals surface area contributed by atoms with Crippen LogP contribution in [0.5, 0.6) is 11.6 Å². The summed E-state index contributed by atoms with van der Waals surface area (Å²) >= 11 is 0. The van der Waals surface area contributed by atoms with E-state index in [0.29, 0.717) is 5.95 Å². The molecule has 19 heavy (non-hydrogen) atoms. The molecule has 0 saturated heterocycles. The van der Waals surface area contributed by atoms with Crippen LogP contribution in [0.25, 0.3) is 0 Å². The van der Waals surface area contributed by atoms with E-state index in [2.05, 4.69) is 15.3 Å². The first-order chi connectivity index (χ1) is 9.19. The summed E-state index contributed by atoms with van der Waals surface area (Å²) in [4.78, 5) is 8.06. The molecule has 0 bridgehead atoms. The van der Waals surface area contributed by atoms with E-state index in [0.717, 1.165) is 25.1 Å². The molecule has 0 aliphatic rings. The Morgan fingerprint density at radius 3 is 2.84 bits per heavy atom. The molecule has 100 valence electrons. The van der Waals surface area contributed by atoms with E-state index < -0.39 is 11.6 Å². The van der Waals surface area contributed by atoms with Crippen molar-refractivity contribution >= 4 is 5.95 Å². The number of benzene rings is 1. The third kappa shape index (κ3) is 3.61. The Labute approximate surface area is 109 Å². The number of aromatic nitrogens is 2. The maximum Gasteiger partial charge on any atom is 0.225 e. The molecular weight excluding hydrogens is 252 g/mol. The lowest BCUT2D eigenvalue weighted by atomic mass is 10.3. The molecule has 1 N–H and O–H groups in total. The third-order valence-corrected chi connectivity index (χ3v) is 2.27. The summed E-state index contributed by atoms with van der Waals surface area (Å²) in [5.41, 5.74) is 0. The Morgan fingerprint density at radius 2 is 2.11 bits per heavy atom. The van der Waals surface area contributed by atoms with Crippen LogP contribution in [0.15, 0.2) is 30.5 Å². The van der Waals surface area contributed by atoms with Crippen LogP contribution < -0.4 is 10.1 Å².